The Kier molecular flexibility index (Phi) is 5.00. The van der Waals surface area contributed by atoms with Crippen LogP contribution in [0.5, 0.6) is 0 Å². The molecule has 0 radical (unpaired) electrons. The molecule has 1 N–H and O–H groups in total. The summed E-state index contributed by atoms with van der Waals surface area (Å²) in [5.74, 6) is -0.124. The van der Waals surface area contributed by atoms with Crippen LogP contribution in [-0.4, -0.2) is 37.2 Å². The van der Waals surface area contributed by atoms with Crippen LogP contribution >= 0.6 is 11.3 Å². The van der Waals surface area contributed by atoms with Crippen LogP contribution in [0.15, 0.2) is 17.5 Å². The SMILES string of the molecule is CN(CC(=O)NCC=O)Cc1cccs1. The van der Waals surface area contributed by atoms with E-state index in [2.05, 4.69) is 5.32 Å². The number of likely N-dealkylation sites (N-methyl/N-ethyl adjacent to an activating group) is 1. The molecule has 1 amide bonds. The summed E-state index contributed by atoms with van der Waals surface area (Å²) in [5.41, 5.74) is 0. The average molecular weight is 226 g/mol. The maximum Gasteiger partial charge on any atom is 0.234 e. The minimum atomic E-state index is -0.124. The molecule has 1 rings (SSSR count). The zero-order valence-corrected chi connectivity index (χ0v) is 9.42. The largest absolute Gasteiger partial charge is 0.348 e. The summed E-state index contributed by atoms with van der Waals surface area (Å²) in [7, 11) is 1.88. The molecule has 0 aliphatic rings. The number of nitrogens with one attached hydrogen (secondary N) is 1. The van der Waals surface area contributed by atoms with Crippen molar-refractivity contribution in [2.24, 2.45) is 0 Å². The molecule has 82 valence electrons. The Morgan fingerprint density at radius 2 is 2.47 bits per heavy atom. The summed E-state index contributed by atoms with van der Waals surface area (Å²) < 4.78 is 0. The van der Waals surface area contributed by atoms with Crippen LogP contribution in [0.2, 0.25) is 0 Å². The summed E-state index contributed by atoms with van der Waals surface area (Å²) in [6, 6.07) is 4.02. The first-order valence-corrected chi connectivity index (χ1v) is 5.51. The van der Waals surface area contributed by atoms with E-state index >= 15 is 0 Å². The Bertz CT molecular complexity index is 311. The van der Waals surface area contributed by atoms with E-state index in [0.29, 0.717) is 12.8 Å². The second kappa shape index (κ2) is 6.31. The lowest BCUT2D eigenvalue weighted by Crippen LogP contribution is -2.35. The molecule has 1 heterocycles. The van der Waals surface area contributed by atoms with Crippen LogP contribution in [0, 0.1) is 0 Å². The average Bonchev–Trinajstić information content (AvgIpc) is 2.67. The summed E-state index contributed by atoms with van der Waals surface area (Å²) in [6.07, 6.45) is 0.678. The van der Waals surface area contributed by atoms with Crippen molar-refractivity contribution in [3.8, 4) is 0 Å². The lowest BCUT2D eigenvalue weighted by atomic mass is 10.4. The number of hydrogen-bond donors (Lipinski definition) is 1. The van der Waals surface area contributed by atoms with Gasteiger partial charge < -0.3 is 10.1 Å². The monoisotopic (exact) mass is 226 g/mol. The summed E-state index contributed by atoms with van der Waals surface area (Å²) in [6.45, 7) is 1.16. The van der Waals surface area contributed by atoms with Crippen LogP contribution in [0.3, 0.4) is 0 Å². The van der Waals surface area contributed by atoms with Crippen molar-refractivity contribution >= 4 is 23.5 Å². The van der Waals surface area contributed by atoms with Crippen LogP contribution in [0.25, 0.3) is 0 Å². The maximum atomic E-state index is 11.2. The molecule has 0 unspecified atom stereocenters. The van der Waals surface area contributed by atoms with Crippen LogP contribution in [0.1, 0.15) is 4.88 Å². The van der Waals surface area contributed by atoms with E-state index in [-0.39, 0.29) is 12.5 Å². The topological polar surface area (TPSA) is 49.4 Å². The Hall–Kier alpha value is -1.20. The van der Waals surface area contributed by atoms with E-state index in [1.807, 2.05) is 29.5 Å². The fourth-order valence-electron chi connectivity index (χ4n) is 1.18. The number of carbonyl (C=O) groups is 2. The molecule has 0 fully saturated rings. The van der Waals surface area contributed by atoms with Crippen LogP contribution < -0.4 is 5.32 Å². The van der Waals surface area contributed by atoms with Crippen molar-refractivity contribution in [1.82, 2.24) is 10.2 Å². The summed E-state index contributed by atoms with van der Waals surface area (Å²) in [4.78, 5) is 24.4. The van der Waals surface area contributed by atoms with E-state index < -0.39 is 0 Å². The zero-order chi connectivity index (χ0) is 11.1. The fourth-order valence-corrected chi connectivity index (χ4v) is 1.97. The Labute approximate surface area is 92.9 Å². The maximum absolute atomic E-state index is 11.2. The first-order chi connectivity index (χ1) is 7.22. The molecular weight excluding hydrogens is 212 g/mol. The van der Waals surface area contributed by atoms with Gasteiger partial charge in [-0.25, -0.2) is 0 Å². The Morgan fingerprint density at radius 1 is 1.67 bits per heavy atom. The zero-order valence-electron chi connectivity index (χ0n) is 8.60. The first-order valence-electron chi connectivity index (χ1n) is 4.63. The fraction of sp³-hybridized carbons (Fsp3) is 0.400. The second-order valence-corrected chi connectivity index (χ2v) is 4.25. The number of thiophene rings is 1. The predicted octanol–water partition coefficient (Wildman–Crippen LogP) is 0.495. The van der Waals surface area contributed by atoms with Gasteiger partial charge >= 0.3 is 0 Å². The molecule has 0 aliphatic heterocycles. The van der Waals surface area contributed by atoms with E-state index in [4.69, 9.17) is 0 Å². The quantitative estimate of drug-likeness (QED) is 0.718. The standard InChI is InChI=1S/C10H14N2O2S/c1-12(7-9-3-2-6-15-9)8-10(14)11-4-5-13/h2-3,5-6H,4,7-8H2,1H3,(H,11,14). The highest BCUT2D eigenvalue weighted by molar-refractivity contribution is 7.09. The van der Waals surface area contributed by atoms with Crippen molar-refractivity contribution in [2.45, 2.75) is 6.54 Å². The lowest BCUT2D eigenvalue weighted by molar-refractivity contribution is -0.123. The molecule has 5 heteroatoms. The predicted molar refractivity (Wildman–Crippen MR) is 59.7 cm³/mol. The van der Waals surface area contributed by atoms with Gasteiger partial charge in [0.05, 0.1) is 13.1 Å². The van der Waals surface area contributed by atoms with Crippen LogP contribution in [0.4, 0.5) is 0 Å². The van der Waals surface area contributed by atoms with Gasteiger partial charge in [0.15, 0.2) is 0 Å². The van der Waals surface area contributed by atoms with Crippen molar-refractivity contribution in [2.75, 3.05) is 20.1 Å². The number of amides is 1. The van der Waals surface area contributed by atoms with Crippen molar-refractivity contribution < 1.29 is 9.59 Å². The van der Waals surface area contributed by atoms with Gasteiger partial charge in [-0.1, -0.05) is 6.07 Å². The highest BCUT2D eigenvalue weighted by Crippen LogP contribution is 2.10. The Morgan fingerprint density at radius 3 is 3.07 bits per heavy atom. The third-order valence-corrected chi connectivity index (χ3v) is 2.66. The Balaban J connectivity index is 2.26. The highest BCUT2D eigenvalue weighted by Gasteiger charge is 2.06. The highest BCUT2D eigenvalue weighted by atomic mass is 32.1. The van der Waals surface area contributed by atoms with E-state index in [1.54, 1.807) is 11.3 Å². The van der Waals surface area contributed by atoms with E-state index in [9.17, 15) is 9.59 Å². The van der Waals surface area contributed by atoms with Gasteiger partial charge in [-0.05, 0) is 18.5 Å². The second-order valence-electron chi connectivity index (χ2n) is 3.22. The number of carbonyl (C=O) groups excluding carboxylic acids is 2. The van der Waals surface area contributed by atoms with Gasteiger partial charge in [-0.2, -0.15) is 0 Å². The minimum absolute atomic E-state index is 0.0890. The molecule has 1 aromatic rings. The van der Waals surface area contributed by atoms with Gasteiger partial charge in [0.25, 0.3) is 0 Å². The van der Waals surface area contributed by atoms with Crippen LogP contribution in [-0.2, 0) is 16.1 Å². The third-order valence-electron chi connectivity index (χ3n) is 1.80. The third kappa shape index (κ3) is 4.71. The molecule has 0 saturated heterocycles. The first kappa shape index (κ1) is 11.9. The smallest absolute Gasteiger partial charge is 0.234 e. The molecule has 4 nitrogen and oxygen atoms in total. The van der Waals surface area contributed by atoms with Gasteiger partial charge in [0.1, 0.15) is 6.29 Å². The van der Waals surface area contributed by atoms with Crippen molar-refractivity contribution in [3.63, 3.8) is 0 Å². The molecule has 0 saturated carbocycles. The molecule has 0 atom stereocenters. The molecule has 0 bridgehead atoms. The van der Waals surface area contributed by atoms with Gasteiger partial charge in [-0.15, -0.1) is 11.3 Å². The van der Waals surface area contributed by atoms with Crippen molar-refractivity contribution in [3.05, 3.63) is 22.4 Å². The molecule has 0 aliphatic carbocycles. The number of rotatable bonds is 6. The summed E-state index contributed by atoms with van der Waals surface area (Å²) in [5, 5.41) is 4.51. The molecule has 0 spiro atoms. The molecule has 1 aromatic heterocycles. The van der Waals surface area contributed by atoms with Gasteiger partial charge in [0.2, 0.25) is 5.91 Å². The normalized spacial score (nSPS) is 10.3. The van der Waals surface area contributed by atoms with E-state index in [0.717, 1.165) is 6.54 Å². The summed E-state index contributed by atoms with van der Waals surface area (Å²) >= 11 is 1.67. The van der Waals surface area contributed by atoms with Gasteiger partial charge in [0, 0.05) is 11.4 Å². The molecule has 15 heavy (non-hydrogen) atoms. The minimum Gasteiger partial charge on any atom is -0.348 e. The van der Waals surface area contributed by atoms with Crippen molar-refractivity contribution in [1.29, 1.82) is 0 Å². The molecular formula is C10H14N2O2S. The number of hydrogen-bond acceptors (Lipinski definition) is 4. The van der Waals surface area contributed by atoms with Gasteiger partial charge in [-0.3, -0.25) is 9.69 Å². The number of aldehydes is 1. The lowest BCUT2D eigenvalue weighted by Gasteiger charge is -2.14. The van der Waals surface area contributed by atoms with E-state index in [1.165, 1.54) is 4.88 Å². The number of nitrogens with zero attached hydrogens (tertiary/aromatic N) is 1. The molecule has 0 aromatic carbocycles.